The van der Waals surface area contributed by atoms with Crippen molar-refractivity contribution in [3.05, 3.63) is 17.7 Å². The number of hydrogen-bond acceptors (Lipinski definition) is 6. The summed E-state index contributed by atoms with van der Waals surface area (Å²) in [5.74, 6) is -1.91. The summed E-state index contributed by atoms with van der Waals surface area (Å²) in [5.41, 5.74) is -0.217. The van der Waals surface area contributed by atoms with Crippen molar-refractivity contribution < 1.29 is 28.9 Å². The molecular weight excluding hydrogens is 240 g/mol. The van der Waals surface area contributed by atoms with E-state index in [1.54, 1.807) is 6.92 Å². The van der Waals surface area contributed by atoms with Gasteiger partial charge in [-0.2, -0.15) is 0 Å². The number of Topliss-reactive ketones (excluding diaryl/α,β-unsaturated/α-hetero) is 1. The number of phenols is 1. The smallest absolute Gasteiger partial charge is 0.379 e. The molecular formula is C12H12O6. The highest BCUT2D eigenvalue weighted by molar-refractivity contribution is 6.42. The molecule has 0 fully saturated rings. The largest absolute Gasteiger partial charge is 0.507 e. The summed E-state index contributed by atoms with van der Waals surface area (Å²) >= 11 is 0. The van der Waals surface area contributed by atoms with E-state index in [1.807, 2.05) is 0 Å². The molecule has 0 unspecified atom stereocenters. The molecule has 0 bridgehead atoms. The van der Waals surface area contributed by atoms with Crippen LogP contribution in [0.4, 0.5) is 0 Å². The number of benzene rings is 1. The highest BCUT2D eigenvalue weighted by Crippen LogP contribution is 2.39. The van der Waals surface area contributed by atoms with Gasteiger partial charge in [-0.15, -0.1) is 0 Å². The second-order valence-corrected chi connectivity index (χ2v) is 3.53. The molecule has 0 spiro atoms. The van der Waals surface area contributed by atoms with Crippen LogP contribution in [0.5, 0.6) is 17.2 Å². The third-order valence-corrected chi connectivity index (χ3v) is 2.37. The molecule has 0 aliphatic carbocycles. The summed E-state index contributed by atoms with van der Waals surface area (Å²) in [6.07, 6.45) is 0. The van der Waals surface area contributed by atoms with Gasteiger partial charge < -0.3 is 19.3 Å². The van der Waals surface area contributed by atoms with E-state index < -0.39 is 11.8 Å². The van der Waals surface area contributed by atoms with Crippen LogP contribution in [-0.4, -0.2) is 36.7 Å². The quantitative estimate of drug-likeness (QED) is 0.489. The maximum Gasteiger partial charge on any atom is 0.379 e. The average molecular weight is 252 g/mol. The number of carbonyl (C=O) groups is 2. The number of phenolic OH excluding ortho intramolecular Hbond substituents is 1. The van der Waals surface area contributed by atoms with Crippen molar-refractivity contribution in [1.29, 1.82) is 0 Å². The molecule has 1 aliphatic heterocycles. The summed E-state index contributed by atoms with van der Waals surface area (Å²) in [6.45, 7) is 2.27. The first-order chi connectivity index (χ1) is 8.65. The number of ketones is 1. The van der Waals surface area contributed by atoms with E-state index in [-0.39, 0.29) is 30.3 Å². The van der Waals surface area contributed by atoms with Crippen LogP contribution in [0.2, 0.25) is 0 Å². The molecule has 0 aromatic heterocycles. The van der Waals surface area contributed by atoms with Crippen molar-refractivity contribution >= 4 is 11.8 Å². The lowest BCUT2D eigenvalue weighted by atomic mass is 10.1. The SMILES string of the molecule is CCOC(=O)C(=O)c1c(O)ccc2c1OCCO2. The fourth-order valence-corrected chi connectivity index (χ4v) is 1.62. The summed E-state index contributed by atoms with van der Waals surface area (Å²) in [7, 11) is 0. The Labute approximate surface area is 103 Å². The highest BCUT2D eigenvalue weighted by atomic mass is 16.6. The number of hydrogen-bond donors (Lipinski definition) is 1. The summed E-state index contributed by atoms with van der Waals surface area (Å²) in [5, 5.41) is 9.69. The van der Waals surface area contributed by atoms with E-state index >= 15 is 0 Å². The van der Waals surface area contributed by atoms with Gasteiger partial charge in [0, 0.05) is 0 Å². The third kappa shape index (κ3) is 2.09. The maximum atomic E-state index is 11.9. The molecule has 6 heteroatoms. The average Bonchev–Trinajstić information content (AvgIpc) is 2.38. The zero-order chi connectivity index (χ0) is 13.1. The fourth-order valence-electron chi connectivity index (χ4n) is 1.62. The Balaban J connectivity index is 2.43. The molecule has 0 atom stereocenters. The molecule has 0 amide bonds. The first kappa shape index (κ1) is 12.2. The number of carbonyl (C=O) groups excluding carboxylic acids is 2. The summed E-state index contributed by atoms with van der Waals surface area (Å²) < 4.78 is 15.1. The Morgan fingerprint density at radius 3 is 2.78 bits per heavy atom. The molecule has 1 aromatic rings. The Morgan fingerprint density at radius 2 is 2.06 bits per heavy atom. The van der Waals surface area contributed by atoms with Gasteiger partial charge in [-0.1, -0.05) is 0 Å². The first-order valence-corrected chi connectivity index (χ1v) is 5.48. The third-order valence-electron chi connectivity index (χ3n) is 2.37. The van der Waals surface area contributed by atoms with Gasteiger partial charge in [-0.3, -0.25) is 4.79 Å². The van der Waals surface area contributed by atoms with Gasteiger partial charge in [-0.05, 0) is 19.1 Å². The first-order valence-electron chi connectivity index (χ1n) is 5.48. The monoisotopic (exact) mass is 252 g/mol. The van der Waals surface area contributed by atoms with Gasteiger partial charge in [0.05, 0.1) is 6.61 Å². The molecule has 1 aromatic carbocycles. The van der Waals surface area contributed by atoms with Gasteiger partial charge in [0.2, 0.25) is 0 Å². The zero-order valence-electron chi connectivity index (χ0n) is 9.76. The van der Waals surface area contributed by atoms with Gasteiger partial charge in [-0.25, -0.2) is 4.79 Å². The van der Waals surface area contributed by atoms with Crippen LogP contribution in [0.1, 0.15) is 17.3 Å². The summed E-state index contributed by atoms with van der Waals surface area (Å²) in [4.78, 5) is 23.3. The molecule has 6 nitrogen and oxygen atoms in total. The minimum atomic E-state index is -1.03. The molecule has 1 heterocycles. The van der Waals surface area contributed by atoms with Gasteiger partial charge in [0.15, 0.2) is 11.5 Å². The number of ether oxygens (including phenoxy) is 3. The normalized spacial score (nSPS) is 12.9. The van der Waals surface area contributed by atoms with Crippen molar-refractivity contribution in [2.24, 2.45) is 0 Å². The Kier molecular flexibility index (Phi) is 3.36. The number of aromatic hydroxyl groups is 1. The van der Waals surface area contributed by atoms with Crippen LogP contribution >= 0.6 is 0 Å². The van der Waals surface area contributed by atoms with Crippen LogP contribution in [0.3, 0.4) is 0 Å². The van der Waals surface area contributed by atoms with Crippen molar-refractivity contribution in [2.75, 3.05) is 19.8 Å². The highest BCUT2D eigenvalue weighted by Gasteiger charge is 2.29. The molecule has 2 rings (SSSR count). The molecule has 0 saturated carbocycles. The maximum absolute atomic E-state index is 11.9. The van der Waals surface area contributed by atoms with Crippen LogP contribution in [0, 0.1) is 0 Å². The second kappa shape index (κ2) is 4.95. The number of esters is 1. The topological polar surface area (TPSA) is 82.1 Å². The fraction of sp³-hybridized carbons (Fsp3) is 0.333. The number of fused-ring (bicyclic) bond motifs is 1. The Bertz CT molecular complexity index is 494. The molecule has 1 N–H and O–H groups in total. The molecule has 1 aliphatic rings. The van der Waals surface area contributed by atoms with E-state index in [0.717, 1.165) is 0 Å². The number of rotatable bonds is 3. The van der Waals surface area contributed by atoms with Crippen LogP contribution < -0.4 is 9.47 Å². The van der Waals surface area contributed by atoms with Gasteiger partial charge in [0.1, 0.15) is 24.5 Å². The minimum Gasteiger partial charge on any atom is -0.507 e. The van der Waals surface area contributed by atoms with Crippen LogP contribution in [0.25, 0.3) is 0 Å². The van der Waals surface area contributed by atoms with E-state index in [2.05, 4.69) is 4.74 Å². The van der Waals surface area contributed by atoms with E-state index in [4.69, 9.17) is 9.47 Å². The Hall–Kier alpha value is -2.24. The summed E-state index contributed by atoms with van der Waals surface area (Å²) in [6, 6.07) is 2.76. The lowest BCUT2D eigenvalue weighted by Gasteiger charge is -2.20. The van der Waals surface area contributed by atoms with E-state index in [0.29, 0.717) is 12.4 Å². The van der Waals surface area contributed by atoms with Crippen molar-refractivity contribution in [3.63, 3.8) is 0 Å². The predicted octanol–water partition coefficient (Wildman–Crippen LogP) is 0.909. The van der Waals surface area contributed by atoms with Gasteiger partial charge in [0.25, 0.3) is 5.78 Å². The van der Waals surface area contributed by atoms with Crippen LogP contribution in [0.15, 0.2) is 12.1 Å². The van der Waals surface area contributed by atoms with E-state index in [9.17, 15) is 14.7 Å². The lowest BCUT2D eigenvalue weighted by molar-refractivity contribution is -0.137. The van der Waals surface area contributed by atoms with Crippen molar-refractivity contribution in [3.8, 4) is 17.2 Å². The van der Waals surface area contributed by atoms with Gasteiger partial charge >= 0.3 is 5.97 Å². The van der Waals surface area contributed by atoms with E-state index in [1.165, 1.54) is 12.1 Å². The zero-order valence-corrected chi connectivity index (χ0v) is 9.76. The lowest BCUT2D eigenvalue weighted by Crippen LogP contribution is -2.22. The molecule has 0 radical (unpaired) electrons. The second-order valence-electron chi connectivity index (χ2n) is 3.53. The van der Waals surface area contributed by atoms with Crippen molar-refractivity contribution in [1.82, 2.24) is 0 Å². The predicted molar refractivity (Wildman–Crippen MR) is 60.1 cm³/mol. The molecule has 0 saturated heterocycles. The van der Waals surface area contributed by atoms with Crippen molar-refractivity contribution in [2.45, 2.75) is 6.92 Å². The minimum absolute atomic E-state index is 0.0811. The molecule has 18 heavy (non-hydrogen) atoms. The van der Waals surface area contributed by atoms with Crippen LogP contribution in [-0.2, 0) is 9.53 Å². The Morgan fingerprint density at radius 1 is 1.33 bits per heavy atom. The standard InChI is InChI=1S/C12H12O6/c1-2-16-12(15)10(14)9-7(13)3-4-8-11(9)18-6-5-17-8/h3-4,13H,2,5-6H2,1H3. The molecule has 96 valence electrons.